The molecule has 2 aromatic rings. The van der Waals surface area contributed by atoms with Crippen molar-refractivity contribution in [2.75, 3.05) is 6.79 Å². The molecule has 3 nitrogen and oxygen atoms in total. The first-order chi connectivity index (χ1) is 9.24. The Morgan fingerprint density at radius 3 is 2.65 bits per heavy atom. The number of ether oxygens (including phenoxy) is 2. The number of benzene rings is 1. The summed E-state index contributed by atoms with van der Waals surface area (Å²) < 4.78 is 13.8. The van der Waals surface area contributed by atoms with E-state index in [0.717, 1.165) is 27.2 Å². The molecule has 0 spiro atoms. The van der Waals surface area contributed by atoms with Crippen LogP contribution in [-0.2, 0) is 7.05 Å². The molecule has 1 aliphatic rings. The molecule has 0 fully saturated rings. The monoisotopic (exact) mass is 445 g/mol. The van der Waals surface area contributed by atoms with Gasteiger partial charge in [0.1, 0.15) is 7.05 Å². The van der Waals surface area contributed by atoms with E-state index < -0.39 is 0 Å². The number of pyridine rings is 1. The highest BCUT2D eigenvalue weighted by molar-refractivity contribution is 9.10. The van der Waals surface area contributed by atoms with Crippen molar-refractivity contribution >= 4 is 28.1 Å². The molecule has 0 saturated carbocycles. The van der Waals surface area contributed by atoms with E-state index in [0.29, 0.717) is 6.79 Å². The lowest BCUT2D eigenvalue weighted by Crippen LogP contribution is -3.00. The maximum absolute atomic E-state index is 5.39. The topological polar surface area (TPSA) is 22.3 Å². The molecule has 2 heterocycles. The maximum Gasteiger partial charge on any atom is 0.231 e. The second-order valence-electron chi connectivity index (χ2n) is 4.30. The molecule has 0 bridgehead atoms. The molecule has 104 valence electrons. The van der Waals surface area contributed by atoms with Crippen LogP contribution in [0.15, 0.2) is 41.0 Å². The fourth-order valence-corrected chi connectivity index (χ4v) is 2.40. The Hall–Kier alpha value is -1.08. The molecule has 0 radical (unpaired) electrons. The minimum atomic E-state index is 0. The largest absolute Gasteiger partial charge is 1.00 e. The van der Waals surface area contributed by atoms with Gasteiger partial charge in [0, 0.05) is 22.7 Å². The van der Waals surface area contributed by atoms with E-state index in [2.05, 4.69) is 38.7 Å². The van der Waals surface area contributed by atoms with Gasteiger partial charge >= 0.3 is 0 Å². The molecule has 0 amide bonds. The zero-order valence-corrected chi connectivity index (χ0v) is 14.6. The molecule has 1 aliphatic heterocycles. The lowest BCUT2D eigenvalue weighted by molar-refractivity contribution is -0.673. The normalized spacial score (nSPS) is 12.5. The summed E-state index contributed by atoms with van der Waals surface area (Å²) >= 11 is 3.55. The van der Waals surface area contributed by atoms with Crippen molar-refractivity contribution in [3.05, 3.63) is 52.3 Å². The standard InChI is InChI=1S/C15H13BrNO2.HI/c1-17-7-3-2-4-12(17)6-5-11-8-14-15(9-13(11)16)19-10-18-14;/h2-9H,10H2,1H3;1H/q+1;/p-1/b6-5+;. The molecule has 5 heteroatoms. The van der Waals surface area contributed by atoms with Crippen LogP contribution in [0.3, 0.4) is 0 Å². The van der Waals surface area contributed by atoms with Crippen molar-refractivity contribution in [1.82, 2.24) is 0 Å². The third-order valence-corrected chi connectivity index (χ3v) is 3.71. The third-order valence-electron chi connectivity index (χ3n) is 3.02. The van der Waals surface area contributed by atoms with Crippen molar-refractivity contribution in [3.63, 3.8) is 0 Å². The third kappa shape index (κ3) is 3.15. The molecule has 0 aliphatic carbocycles. The van der Waals surface area contributed by atoms with Crippen LogP contribution in [0.2, 0.25) is 0 Å². The van der Waals surface area contributed by atoms with Crippen molar-refractivity contribution in [2.45, 2.75) is 0 Å². The van der Waals surface area contributed by atoms with Crippen LogP contribution in [0.4, 0.5) is 0 Å². The number of fused-ring (bicyclic) bond motifs is 1. The maximum atomic E-state index is 5.39. The highest BCUT2D eigenvalue weighted by Crippen LogP contribution is 2.37. The van der Waals surface area contributed by atoms with E-state index in [4.69, 9.17) is 9.47 Å². The number of halogens is 2. The second kappa shape index (κ2) is 6.58. The first-order valence-corrected chi connectivity index (χ1v) is 6.75. The van der Waals surface area contributed by atoms with E-state index in [1.54, 1.807) is 0 Å². The Labute approximate surface area is 143 Å². The Kier molecular flexibility index (Phi) is 5.04. The van der Waals surface area contributed by atoms with Crippen LogP contribution < -0.4 is 38.0 Å². The second-order valence-corrected chi connectivity index (χ2v) is 5.15. The van der Waals surface area contributed by atoms with Gasteiger partial charge in [-0.15, -0.1) is 0 Å². The Balaban J connectivity index is 0.00000147. The van der Waals surface area contributed by atoms with Gasteiger partial charge in [0.25, 0.3) is 0 Å². The van der Waals surface area contributed by atoms with E-state index in [9.17, 15) is 0 Å². The molecule has 20 heavy (non-hydrogen) atoms. The molecule has 0 saturated heterocycles. The predicted octanol–water partition coefficient (Wildman–Crippen LogP) is 0.177. The number of nitrogens with zero attached hydrogens (tertiary/aromatic N) is 1. The summed E-state index contributed by atoms with van der Waals surface area (Å²) in [5, 5.41) is 0. The average molecular weight is 446 g/mol. The van der Waals surface area contributed by atoms with Crippen LogP contribution in [0.5, 0.6) is 11.5 Å². The molecule has 1 aromatic heterocycles. The van der Waals surface area contributed by atoms with Crippen molar-refractivity contribution in [2.24, 2.45) is 7.05 Å². The van der Waals surface area contributed by atoms with Gasteiger partial charge in [0.05, 0.1) is 0 Å². The number of aromatic nitrogens is 1. The number of hydrogen-bond acceptors (Lipinski definition) is 2. The Morgan fingerprint density at radius 1 is 1.15 bits per heavy atom. The zero-order chi connectivity index (χ0) is 13.2. The summed E-state index contributed by atoms with van der Waals surface area (Å²) in [5.41, 5.74) is 2.19. The fraction of sp³-hybridized carbons (Fsp3) is 0.133. The highest BCUT2D eigenvalue weighted by Gasteiger charge is 2.15. The van der Waals surface area contributed by atoms with E-state index in [1.807, 2.05) is 37.5 Å². The smallest absolute Gasteiger partial charge is 0.231 e. The van der Waals surface area contributed by atoms with Crippen LogP contribution in [0.1, 0.15) is 11.3 Å². The Morgan fingerprint density at radius 2 is 1.90 bits per heavy atom. The van der Waals surface area contributed by atoms with Crippen LogP contribution in [-0.4, -0.2) is 6.79 Å². The van der Waals surface area contributed by atoms with Crippen molar-refractivity contribution < 1.29 is 38.0 Å². The van der Waals surface area contributed by atoms with E-state index in [-0.39, 0.29) is 24.0 Å². The van der Waals surface area contributed by atoms with Crippen molar-refractivity contribution in [1.29, 1.82) is 0 Å². The zero-order valence-electron chi connectivity index (χ0n) is 10.8. The van der Waals surface area contributed by atoms with E-state index >= 15 is 0 Å². The number of hydrogen-bond donors (Lipinski definition) is 0. The average Bonchev–Trinajstić information content (AvgIpc) is 2.84. The molecule has 3 rings (SSSR count). The summed E-state index contributed by atoms with van der Waals surface area (Å²) in [6.07, 6.45) is 6.15. The lowest BCUT2D eigenvalue weighted by Gasteiger charge is -2.01. The van der Waals surface area contributed by atoms with E-state index in [1.165, 1.54) is 0 Å². The van der Waals surface area contributed by atoms with Gasteiger partial charge in [0.15, 0.2) is 17.7 Å². The summed E-state index contributed by atoms with van der Waals surface area (Å²) in [6, 6.07) is 10.0. The van der Waals surface area contributed by atoms with Gasteiger partial charge in [0.2, 0.25) is 12.5 Å². The first-order valence-electron chi connectivity index (χ1n) is 5.96. The van der Waals surface area contributed by atoms with Gasteiger partial charge in [-0.3, -0.25) is 0 Å². The van der Waals surface area contributed by atoms with Gasteiger partial charge in [-0.25, -0.2) is 4.57 Å². The minimum absolute atomic E-state index is 0. The van der Waals surface area contributed by atoms with Crippen LogP contribution in [0, 0.1) is 0 Å². The predicted molar refractivity (Wildman–Crippen MR) is 76.8 cm³/mol. The molecular weight excluding hydrogens is 433 g/mol. The van der Waals surface area contributed by atoms with Crippen LogP contribution in [0.25, 0.3) is 12.2 Å². The molecule has 1 aromatic carbocycles. The fourth-order valence-electron chi connectivity index (χ4n) is 1.95. The quantitative estimate of drug-likeness (QED) is 0.486. The highest BCUT2D eigenvalue weighted by atomic mass is 127. The van der Waals surface area contributed by atoms with Gasteiger partial charge in [-0.1, -0.05) is 15.9 Å². The van der Waals surface area contributed by atoms with Gasteiger partial charge in [-0.05, 0) is 29.8 Å². The Bertz CT molecular complexity index is 658. The first kappa shape index (κ1) is 15.3. The van der Waals surface area contributed by atoms with Gasteiger partial charge in [-0.2, -0.15) is 0 Å². The van der Waals surface area contributed by atoms with Crippen molar-refractivity contribution in [3.8, 4) is 11.5 Å². The summed E-state index contributed by atoms with van der Waals surface area (Å²) in [5.74, 6) is 1.58. The molecule has 0 N–H and O–H groups in total. The molecular formula is C15H13BrINO2. The lowest BCUT2D eigenvalue weighted by atomic mass is 10.1. The summed E-state index contributed by atoms with van der Waals surface area (Å²) in [7, 11) is 2.02. The van der Waals surface area contributed by atoms with Crippen LogP contribution >= 0.6 is 15.9 Å². The number of rotatable bonds is 2. The molecule has 0 atom stereocenters. The number of aryl methyl sites for hydroxylation is 1. The SMILES string of the molecule is C[n+]1ccccc1/C=C/c1cc2c(cc1Br)OCO2.[I-]. The van der Waals surface area contributed by atoms with Gasteiger partial charge < -0.3 is 33.5 Å². The minimum Gasteiger partial charge on any atom is -1.00 e. The molecule has 0 unspecified atom stereocenters. The summed E-state index contributed by atoms with van der Waals surface area (Å²) in [4.78, 5) is 0. The summed E-state index contributed by atoms with van der Waals surface area (Å²) in [6.45, 7) is 0.294.